The number of hydrogen-bond acceptors (Lipinski definition) is 1. The smallest absolute Gasteiger partial charge is 0.135 e. The van der Waals surface area contributed by atoms with Crippen LogP contribution in [-0.2, 0) is 5.41 Å². The predicted octanol–water partition coefficient (Wildman–Crippen LogP) is 9.61. The van der Waals surface area contributed by atoms with E-state index in [2.05, 4.69) is 128 Å². The van der Waals surface area contributed by atoms with E-state index in [0.29, 0.717) is 0 Å². The second kappa shape index (κ2) is 7.44. The molecule has 0 saturated carbocycles. The van der Waals surface area contributed by atoms with Gasteiger partial charge >= 0.3 is 0 Å². The molecule has 2 aliphatic rings. The molecule has 0 radical (unpaired) electrons. The number of benzene rings is 6. The van der Waals surface area contributed by atoms with Crippen LogP contribution in [0.4, 0.5) is 0 Å². The summed E-state index contributed by atoms with van der Waals surface area (Å²) in [5.41, 5.74) is 11.4. The van der Waals surface area contributed by atoms with Crippen LogP contribution in [-0.4, -0.2) is 0 Å². The van der Waals surface area contributed by atoms with Gasteiger partial charge in [-0.15, -0.1) is 0 Å². The van der Waals surface area contributed by atoms with Crippen molar-refractivity contribution in [1.29, 1.82) is 0 Å². The van der Waals surface area contributed by atoms with E-state index < -0.39 is 0 Å². The van der Waals surface area contributed by atoms with E-state index in [1.807, 2.05) is 6.07 Å². The van der Waals surface area contributed by atoms with Gasteiger partial charge in [0.25, 0.3) is 0 Å². The summed E-state index contributed by atoms with van der Waals surface area (Å²) < 4.78 is 6.30. The Morgan fingerprint density at radius 2 is 1.19 bits per heavy atom. The molecular weight excluding hydrogens is 448 g/mol. The van der Waals surface area contributed by atoms with Crippen LogP contribution in [0.5, 0.6) is 11.5 Å². The molecule has 1 nitrogen and oxygen atoms in total. The van der Waals surface area contributed by atoms with E-state index in [0.717, 1.165) is 17.1 Å². The topological polar surface area (TPSA) is 9.23 Å². The maximum atomic E-state index is 6.30. The molecule has 0 N–H and O–H groups in total. The summed E-state index contributed by atoms with van der Waals surface area (Å²) in [6.07, 6.45) is 0. The zero-order valence-corrected chi connectivity index (χ0v) is 20.5. The Kier molecular flexibility index (Phi) is 4.14. The first-order chi connectivity index (χ1) is 18.2. The van der Waals surface area contributed by atoms with Gasteiger partial charge in [-0.1, -0.05) is 103 Å². The molecule has 6 aromatic carbocycles. The minimum atomic E-state index is -0.251. The first kappa shape index (κ1) is 20.6. The van der Waals surface area contributed by atoms with Crippen LogP contribution in [0.15, 0.2) is 127 Å². The molecule has 1 aliphatic heterocycles. The number of rotatable bonds is 2. The molecule has 0 aromatic heterocycles. The van der Waals surface area contributed by atoms with Gasteiger partial charge in [-0.2, -0.15) is 0 Å². The molecule has 0 spiro atoms. The van der Waals surface area contributed by atoms with Crippen molar-refractivity contribution in [3.05, 3.63) is 144 Å². The highest BCUT2D eigenvalue weighted by atomic mass is 16.5. The van der Waals surface area contributed by atoms with Crippen LogP contribution in [0.1, 0.15) is 23.6 Å². The Balaban J connectivity index is 1.46. The average molecular weight is 473 g/mol. The van der Waals surface area contributed by atoms with Gasteiger partial charge in [0.2, 0.25) is 0 Å². The van der Waals surface area contributed by atoms with Crippen molar-refractivity contribution >= 4 is 10.8 Å². The van der Waals surface area contributed by atoms with Crippen molar-refractivity contribution < 1.29 is 4.74 Å². The first-order valence-electron chi connectivity index (χ1n) is 12.9. The van der Waals surface area contributed by atoms with Gasteiger partial charge in [0, 0.05) is 16.4 Å². The van der Waals surface area contributed by atoms with Crippen LogP contribution in [0, 0.1) is 0 Å². The second-order valence-corrected chi connectivity index (χ2v) is 10.2. The van der Waals surface area contributed by atoms with Crippen molar-refractivity contribution in [3.63, 3.8) is 0 Å². The Hall–Kier alpha value is -4.62. The van der Waals surface area contributed by atoms with Crippen molar-refractivity contribution in [2.45, 2.75) is 12.3 Å². The fourth-order valence-electron chi connectivity index (χ4n) is 6.66. The summed E-state index contributed by atoms with van der Waals surface area (Å²) >= 11 is 0. The molecule has 8 rings (SSSR count). The van der Waals surface area contributed by atoms with E-state index in [4.69, 9.17) is 4.74 Å². The summed E-state index contributed by atoms with van der Waals surface area (Å²) in [6, 6.07) is 46.1. The average Bonchev–Trinajstić information content (AvgIpc) is 3.23. The SMILES string of the molecule is CC1(c2ccccc2)c2ccccc2-c2cccc(-c3cc4c5c(cccc5c3)Oc3ccccc3-4)c21. The maximum Gasteiger partial charge on any atom is 0.135 e. The fraction of sp³-hybridized carbons (Fsp3) is 0.0556. The molecule has 1 aliphatic carbocycles. The van der Waals surface area contributed by atoms with Gasteiger partial charge in [-0.05, 0) is 81.1 Å². The Morgan fingerprint density at radius 3 is 2.08 bits per heavy atom. The fourth-order valence-corrected chi connectivity index (χ4v) is 6.66. The number of ether oxygens (including phenoxy) is 1. The van der Waals surface area contributed by atoms with Crippen LogP contribution < -0.4 is 4.74 Å². The Morgan fingerprint density at radius 1 is 0.514 bits per heavy atom. The lowest BCUT2D eigenvalue weighted by Gasteiger charge is -2.30. The maximum absolute atomic E-state index is 6.30. The van der Waals surface area contributed by atoms with Gasteiger partial charge in [-0.3, -0.25) is 0 Å². The van der Waals surface area contributed by atoms with Crippen molar-refractivity contribution in [3.8, 4) is 44.9 Å². The normalized spacial score (nSPS) is 16.6. The largest absolute Gasteiger partial charge is 0.456 e. The van der Waals surface area contributed by atoms with E-state index >= 15 is 0 Å². The summed E-state index contributed by atoms with van der Waals surface area (Å²) in [6.45, 7) is 2.39. The third-order valence-electron chi connectivity index (χ3n) is 8.32. The number of hydrogen-bond donors (Lipinski definition) is 0. The highest BCUT2D eigenvalue weighted by Gasteiger charge is 2.42. The van der Waals surface area contributed by atoms with Gasteiger partial charge < -0.3 is 4.74 Å². The summed E-state index contributed by atoms with van der Waals surface area (Å²) in [5, 5.41) is 2.39. The third kappa shape index (κ3) is 2.74. The molecule has 6 aromatic rings. The lowest BCUT2D eigenvalue weighted by molar-refractivity contribution is 0.487. The molecular formula is C36H24O. The van der Waals surface area contributed by atoms with Crippen molar-refractivity contribution in [1.82, 2.24) is 0 Å². The predicted molar refractivity (Wildman–Crippen MR) is 152 cm³/mol. The van der Waals surface area contributed by atoms with Crippen LogP contribution in [0.3, 0.4) is 0 Å². The minimum Gasteiger partial charge on any atom is -0.456 e. The highest BCUT2D eigenvalue weighted by Crippen LogP contribution is 2.56. The zero-order chi connectivity index (χ0) is 24.6. The standard InChI is InChI=1S/C36H24O/c1-36(25-12-3-2-4-13-25)31-18-7-5-14-27(31)29-17-10-16-26(35(29)36)24-21-23-11-9-20-33-34(23)30(22-24)28-15-6-8-19-32(28)37-33/h2-22H,1H3. The van der Waals surface area contributed by atoms with E-state index in [-0.39, 0.29) is 5.41 Å². The summed E-state index contributed by atoms with van der Waals surface area (Å²) in [7, 11) is 0. The summed E-state index contributed by atoms with van der Waals surface area (Å²) in [5.74, 6) is 1.84. The highest BCUT2D eigenvalue weighted by molar-refractivity contribution is 6.07. The molecule has 0 amide bonds. The van der Waals surface area contributed by atoms with E-state index in [1.165, 1.54) is 55.3 Å². The van der Waals surface area contributed by atoms with E-state index in [9.17, 15) is 0 Å². The molecule has 1 unspecified atom stereocenters. The molecule has 0 fully saturated rings. The molecule has 0 saturated heterocycles. The van der Waals surface area contributed by atoms with Crippen LogP contribution >= 0.6 is 0 Å². The first-order valence-corrected chi connectivity index (χ1v) is 12.9. The van der Waals surface area contributed by atoms with Gasteiger partial charge in [0.1, 0.15) is 11.5 Å². The quantitative estimate of drug-likeness (QED) is 0.243. The molecule has 0 bridgehead atoms. The molecule has 174 valence electrons. The summed E-state index contributed by atoms with van der Waals surface area (Å²) in [4.78, 5) is 0. The monoisotopic (exact) mass is 472 g/mol. The third-order valence-corrected chi connectivity index (χ3v) is 8.32. The minimum absolute atomic E-state index is 0.251. The lowest BCUT2D eigenvalue weighted by atomic mass is 9.72. The zero-order valence-electron chi connectivity index (χ0n) is 20.5. The molecule has 1 heterocycles. The van der Waals surface area contributed by atoms with Crippen LogP contribution in [0.25, 0.3) is 44.2 Å². The van der Waals surface area contributed by atoms with Gasteiger partial charge in [-0.25, -0.2) is 0 Å². The van der Waals surface area contributed by atoms with Gasteiger partial charge in [0.15, 0.2) is 0 Å². The Labute approximate surface area is 216 Å². The Bertz CT molecular complexity index is 1860. The molecule has 37 heavy (non-hydrogen) atoms. The van der Waals surface area contributed by atoms with E-state index in [1.54, 1.807) is 0 Å². The second-order valence-electron chi connectivity index (χ2n) is 10.2. The lowest BCUT2D eigenvalue weighted by Crippen LogP contribution is -2.23. The molecule has 1 heteroatoms. The van der Waals surface area contributed by atoms with Crippen LogP contribution in [0.2, 0.25) is 0 Å². The van der Waals surface area contributed by atoms with Crippen molar-refractivity contribution in [2.75, 3.05) is 0 Å². The van der Waals surface area contributed by atoms with Crippen molar-refractivity contribution in [2.24, 2.45) is 0 Å². The number of fused-ring (bicyclic) bond motifs is 5. The molecule has 1 atom stereocenters. The van der Waals surface area contributed by atoms with Gasteiger partial charge in [0.05, 0.1) is 0 Å². The number of para-hydroxylation sites is 1.